The van der Waals surface area contributed by atoms with E-state index in [-0.39, 0.29) is 11.8 Å². The molecular formula is C23H27N7O3S. The van der Waals surface area contributed by atoms with Crippen molar-refractivity contribution in [2.24, 2.45) is 5.92 Å². The summed E-state index contributed by atoms with van der Waals surface area (Å²) in [5.41, 5.74) is 2.11. The molecular weight excluding hydrogens is 454 g/mol. The molecule has 0 aliphatic heterocycles. The second-order valence-corrected chi connectivity index (χ2v) is 9.39. The highest BCUT2D eigenvalue weighted by Crippen LogP contribution is 2.40. The van der Waals surface area contributed by atoms with Gasteiger partial charge in [0.15, 0.2) is 0 Å². The van der Waals surface area contributed by atoms with Gasteiger partial charge in [-0.1, -0.05) is 0 Å². The van der Waals surface area contributed by atoms with E-state index in [1.54, 1.807) is 44.3 Å². The molecule has 4 aromatic rings. The van der Waals surface area contributed by atoms with Gasteiger partial charge in [-0.2, -0.15) is 5.10 Å². The summed E-state index contributed by atoms with van der Waals surface area (Å²) in [6, 6.07) is 1.94. The summed E-state index contributed by atoms with van der Waals surface area (Å²) >= 11 is 1.65. The molecule has 0 bridgehead atoms. The van der Waals surface area contributed by atoms with Gasteiger partial charge in [0.25, 0.3) is 0 Å². The Hall–Kier alpha value is -3.15. The first-order valence-electron chi connectivity index (χ1n) is 11.3. The lowest BCUT2D eigenvalue weighted by Crippen LogP contribution is -2.41. The van der Waals surface area contributed by atoms with E-state index in [1.807, 2.05) is 11.0 Å². The minimum atomic E-state index is -0.0520. The molecule has 0 radical (unpaired) electrons. The molecule has 1 aliphatic carbocycles. The molecule has 4 heterocycles. The summed E-state index contributed by atoms with van der Waals surface area (Å²) in [6.07, 6.45) is 7.41. The first kappa shape index (κ1) is 22.6. The van der Waals surface area contributed by atoms with Crippen molar-refractivity contribution >= 4 is 50.0 Å². The van der Waals surface area contributed by atoms with Crippen LogP contribution >= 0.6 is 11.3 Å². The summed E-state index contributed by atoms with van der Waals surface area (Å²) in [5.74, 6) is 1.55. The van der Waals surface area contributed by atoms with Crippen molar-refractivity contribution in [3.63, 3.8) is 0 Å². The number of aromatic nitrogens is 5. The van der Waals surface area contributed by atoms with E-state index in [0.29, 0.717) is 38.5 Å². The number of hydrogen-bond donors (Lipinski definition) is 2. The van der Waals surface area contributed by atoms with Gasteiger partial charge < -0.3 is 19.7 Å². The van der Waals surface area contributed by atoms with Crippen LogP contribution in [-0.4, -0.2) is 76.5 Å². The molecule has 1 aliphatic rings. The van der Waals surface area contributed by atoms with Crippen LogP contribution < -0.4 is 5.32 Å². The third-order valence-corrected chi connectivity index (χ3v) is 7.37. The number of anilines is 2. The standard InChI is InChI=1S/C23H27N7O3S/c1-32-7-5-30(6-8-33-2)23(31)14-3-4-16-18(9-14)34-22-20(16)21(25-13-26-22)28-19-10-15-11-27-29-17(15)12-24-19/h10-14H,3-9H2,1-2H3,(H,27,29)(H,24,25,26,28)/t14-/m0/s1. The average molecular weight is 482 g/mol. The van der Waals surface area contributed by atoms with Crippen LogP contribution in [0.3, 0.4) is 0 Å². The van der Waals surface area contributed by atoms with Gasteiger partial charge in [-0.3, -0.25) is 9.89 Å². The molecule has 0 saturated carbocycles. The number of methoxy groups -OCH3 is 2. The zero-order valence-electron chi connectivity index (χ0n) is 19.2. The van der Waals surface area contributed by atoms with Gasteiger partial charge in [0.1, 0.15) is 22.8 Å². The summed E-state index contributed by atoms with van der Waals surface area (Å²) < 4.78 is 10.4. The Labute approximate surface area is 200 Å². The quantitative estimate of drug-likeness (QED) is 0.375. The number of nitrogens with zero attached hydrogens (tertiary/aromatic N) is 5. The second-order valence-electron chi connectivity index (χ2n) is 8.31. The highest BCUT2D eigenvalue weighted by molar-refractivity contribution is 7.19. The zero-order valence-corrected chi connectivity index (χ0v) is 20.0. The fourth-order valence-electron chi connectivity index (χ4n) is 4.44. The molecule has 0 spiro atoms. The van der Waals surface area contributed by atoms with Crippen LogP contribution in [0.25, 0.3) is 21.1 Å². The summed E-state index contributed by atoms with van der Waals surface area (Å²) in [5, 5.41) is 12.3. The lowest BCUT2D eigenvalue weighted by atomic mass is 9.87. The summed E-state index contributed by atoms with van der Waals surface area (Å²) in [7, 11) is 3.30. The Balaban J connectivity index is 1.39. The Morgan fingerprint density at radius 1 is 1.21 bits per heavy atom. The van der Waals surface area contributed by atoms with Gasteiger partial charge in [-0.25, -0.2) is 15.0 Å². The number of carbonyl (C=O) groups excluding carboxylic acids is 1. The Kier molecular flexibility index (Phi) is 6.66. The molecule has 34 heavy (non-hydrogen) atoms. The third kappa shape index (κ3) is 4.46. The Bertz CT molecular complexity index is 1300. The lowest BCUT2D eigenvalue weighted by Gasteiger charge is -2.29. The third-order valence-electron chi connectivity index (χ3n) is 6.21. The number of pyridine rings is 1. The Morgan fingerprint density at radius 3 is 2.82 bits per heavy atom. The molecule has 0 saturated heterocycles. The number of fused-ring (bicyclic) bond motifs is 4. The van der Waals surface area contributed by atoms with Crippen LogP contribution in [0, 0.1) is 5.92 Å². The molecule has 11 heteroatoms. The van der Waals surface area contributed by atoms with Crippen LogP contribution in [0.5, 0.6) is 0 Å². The maximum atomic E-state index is 13.3. The van der Waals surface area contributed by atoms with Gasteiger partial charge in [0, 0.05) is 43.5 Å². The fraction of sp³-hybridized carbons (Fsp3) is 0.435. The number of H-pyrrole nitrogens is 1. The highest BCUT2D eigenvalue weighted by atomic mass is 32.1. The van der Waals surface area contributed by atoms with Gasteiger partial charge >= 0.3 is 0 Å². The van der Waals surface area contributed by atoms with E-state index < -0.39 is 0 Å². The second kappa shape index (κ2) is 10.00. The molecule has 10 nitrogen and oxygen atoms in total. The van der Waals surface area contributed by atoms with Gasteiger partial charge in [0.2, 0.25) is 5.91 Å². The molecule has 4 aromatic heterocycles. The van der Waals surface area contributed by atoms with Crippen molar-refractivity contribution in [2.45, 2.75) is 19.3 Å². The molecule has 1 atom stereocenters. The predicted molar refractivity (Wildman–Crippen MR) is 130 cm³/mol. The minimum Gasteiger partial charge on any atom is -0.383 e. The molecule has 5 rings (SSSR count). The van der Waals surface area contributed by atoms with Crippen LogP contribution in [0.1, 0.15) is 16.9 Å². The average Bonchev–Trinajstić information content (AvgIpc) is 3.47. The summed E-state index contributed by atoms with van der Waals surface area (Å²) in [6.45, 7) is 2.17. The van der Waals surface area contributed by atoms with E-state index in [0.717, 1.165) is 39.8 Å². The maximum Gasteiger partial charge on any atom is 0.226 e. The van der Waals surface area contributed by atoms with Crippen LogP contribution in [0.15, 0.2) is 24.8 Å². The number of rotatable bonds is 9. The molecule has 2 N–H and O–H groups in total. The smallest absolute Gasteiger partial charge is 0.226 e. The monoisotopic (exact) mass is 481 g/mol. The normalized spacial score (nSPS) is 15.5. The van der Waals surface area contributed by atoms with Crippen molar-refractivity contribution in [3.05, 3.63) is 35.2 Å². The largest absolute Gasteiger partial charge is 0.383 e. The van der Waals surface area contributed by atoms with E-state index >= 15 is 0 Å². The van der Waals surface area contributed by atoms with Crippen molar-refractivity contribution in [1.29, 1.82) is 0 Å². The number of hydrogen-bond acceptors (Lipinski definition) is 9. The van der Waals surface area contributed by atoms with Crippen molar-refractivity contribution < 1.29 is 14.3 Å². The number of aromatic amines is 1. The van der Waals surface area contributed by atoms with Gasteiger partial charge in [0.05, 0.1) is 36.5 Å². The number of amides is 1. The van der Waals surface area contributed by atoms with E-state index in [4.69, 9.17) is 9.47 Å². The zero-order chi connectivity index (χ0) is 23.5. The highest BCUT2D eigenvalue weighted by Gasteiger charge is 2.31. The van der Waals surface area contributed by atoms with Gasteiger partial charge in [-0.05, 0) is 30.9 Å². The Morgan fingerprint density at radius 2 is 2.03 bits per heavy atom. The molecule has 1 amide bonds. The summed E-state index contributed by atoms with van der Waals surface area (Å²) in [4.78, 5) is 30.8. The SMILES string of the molecule is COCCN(CCOC)C(=O)[C@H]1CCc2c(sc3ncnc(Nc4cc5cn[nH]c5cn4)c23)C1. The maximum absolute atomic E-state index is 13.3. The van der Waals surface area contributed by atoms with Crippen molar-refractivity contribution in [1.82, 2.24) is 30.0 Å². The van der Waals surface area contributed by atoms with Gasteiger partial charge in [-0.15, -0.1) is 11.3 Å². The molecule has 0 aromatic carbocycles. The molecule has 178 valence electrons. The number of ether oxygens (including phenoxy) is 2. The topological polar surface area (TPSA) is 118 Å². The van der Waals surface area contributed by atoms with E-state index in [9.17, 15) is 4.79 Å². The lowest BCUT2D eigenvalue weighted by molar-refractivity contribution is -0.137. The molecule has 0 unspecified atom stereocenters. The van der Waals surface area contributed by atoms with E-state index in [2.05, 4.69) is 30.5 Å². The number of aryl methyl sites for hydroxylation is 1. The minimum absolute atomic E-state index is 0.0520. The number of thiophene rings is 1. The van der Waals surface area contributed by atoms with Crippen LogP contribution in [0.2, 0.25) is 0 Å². The fourth-order valence-corrected chi connectivity index (χ4v) is 5.71. The first-order valence-corrected chi connectivity index (χ1v) is 12.1. The number of carbonyl (C=O) groups is 1. The first-order chi connectivity index (χ1) is 16.7. The number of nitrogens with one attached hydrogen (secondary N) is 2. The van der Waals surface area contributed by atoms with Crippen LogP contribution in [0.4, 0.5) is 11.6 Å². The van der Waals surface area contributed by atoms with Crippen LogP contribution in [-0.2, 0) is 27.1 Å². The van der Waals surface area contributed by atoms with E-state index in [1.165, 1.54) is 10.4 Å². The molecule has 0 fully saturated rings. The van der Waals surface area contributed by atoms with Crippen molar-refractivity contribution in [3.8, 4) is 0 Å². The predicted octanol–water partition coefficient (Wildman–Crippen LogP) is 2.93. The van der Waals surface area contributed by atoms with Crippen molar-refractivity contribution in [2.75, 3.05) is 45.8 Å².